The number of halogens is 2. The summed E-state index contributed by atoms with van der Waals surface area (Å²) in [6.07, 6.45) is 2.98. The van der Waals surface area contributed by atoms with Crippen LogP contribution in [0.15, 0.2) is 12.1 Å². The number of pyridine rings is 1. The van der Waals surface area contributed by atoms with Gasteiger partial charge < -0.3 is 4.90 Å². The van der Waals surface area contributed by atoms with Gasteiger partial charge in [-0.3, -0.25) is 4.79 Å². The Hall–Kier alpha value is -0.450. The van der Waals surface area contributed by atoms with Gasteiger partial charge in [0.15, 0.2) is 0 Å². The van der Waals surface area contributed by atoms with Crippen molar-refractivity contribution in [3.8, 4) is 0 Å². The van der Waals surface area contributed by atoms with E-state index in [1.165, 1.54) is 0 Å². The monoisotopic (exact) mass is 306 g/mol. The number of thioether (sulfide) groups is 1. The lowest BCUT2D eigenvalue weighted by molar-refractivity contribution is 0.0735. The summed E-state index contributed by atoms with van der Waals surface area (Å²) in [7, 11) is 1.76. The molecule has 3 nitrogen and oxygen atoms in total. The average Bonchev–Trinajstić information content (AvgIpc) is 2.37. The standard InChI is InChI=1S/C12H16Cl2N2OS/c1-8(6-7-18-3)16(2)12(17)11-9(13)4-5-10(14)15-11/h4-5,8H,6-7H2,1-3H3. The molecule has 0 aliphatic carbocycles. The van der Waals surface area contributed by atoms with E-state index in [0.717, 1.165) is 12.2 Å². The zero-order valence-corrected chi connectivity index (χ0v) is 12.9. The molecule has 0 saturated heterocycles. The van der Waals surface area contributed by atoms with Crippen molar-refractivity contribution in [2.75, 3.05) is 19.1 Å². The van der Waals surface area contributed by atoms with Crippen LogP contribution in [0.3, 0.4) is 0 Å². The second-order valence-electron chi connectivity index (χ2n) is 4.01. The van der Waals surface area contributed by atoms with E-state index in [2.05, 4.69) is 4.98 Å². The van der Waals surface area contributed by atoms with E-state index in [9.17, 15) is 4.79 Å². The molecule has 0 bridgehead atoms. The second-order valence-corrected chi connectivity index (χ2v) is 5.79. The Kier molecular flexibility index (Phi) is 6.26. The number of carbonyl (C=O) groups is 1. The van der Waals surface area contributed by atoms with Crippen molar-refractivity contribution in [1.82, 2.24) is 9.88 Å². The van der Waals surface area contributed by atoms with Crippen LogP contribution in [0.25, 0.3) is 0 Å². The summed E-state index contributed by atoms with van der Waals surface area (Å²) in [5.74, 6) is 0.811. The predicted molar refractivity (Wildman–Crippen MR) is 78.8 cm³/mol. The molecule has 1 aromatic rings. The maximum Gasteiger partial charge on any atom is 0.274 e. The topological polar surface area (TPSA) is 33.2 Å². The number of rotatable bonds is 5. The molecule has 0 saturated carbocycles. The molecule has 1 unspecified atom stereocenters. The Morgan fingerprint density at radius 2 is 2.17 bits per heavy atom. The van der Waals surface area contributed by atoms with Gasteiger partial charge >= 0.3 is 0 Å². The molecule has 18 heavy (non-hydrogen) atoms. The van der Waals surface area contributed by atoms with Crippen LogP contribution < -0.4 is 0 Å². The van der Waals surface area contributed by atoms with Gasteiger partial charge in [0.2, 0.25) is 0 Å². The van der Waals surface area contributed by atoms with Gasteiger partial charge in [-0.2, -0.15) is 11.8 Å². The first-order chi connectivity index (χ1) is 8.47. The summed E-state index contributed by atoms with van der Waals surface area (Å²) >= 11 is 13.5. The molecule has 0 fully saturated rings. The number of carbonyl (C=O) groups excluding carboxylic acids is 1. The van der Waals surface area contributed by atoms with Gasteiger partial charge in [0.1, 0.15) is 10.8 Å². The van der Waals surface area contributed by atoms with Gasteiger partial charge in [-0.15, -0.1) is 0 Å². The number of aromatic nitrogens is 1. The molecule has 0 aromatic carbocycles. The van der Waals surface area contributed by atoms with Crippen molar-refractivity contribution in [3.05, 3.63) is 28.0 Å². The minimum absolute atomic E-state index is 0.141. The SMILES string of the molecule is CSCCC(C)N(C)C(=O)c1nc(Cl)ccc1Cl. The van der Waals surface area contributed by atoms with Crippen LogP contribution in [0.5, 0.6) is 0 Å². The van der Waals surface area contributed by atoms with Crippen molar-refractivity contribution in [1.29, 1.82) is 0 Å². The highest BCUT2D eigenvalue weighted by atomic mass is 35.5. The predicted octanol–water partition coefficient (Wildman–Crippen LogP) is 3.60. The fraction of sp³-hybridized carbons (Fsp3) is 0.500. The van der Waals surface area contributed by atoms with Gasteiger partial charge in [-0.1, -0.05) is 23.2 Å². The summed E-state index contributed by atoms with van der Waals surface area (Å²) in [5, 5.41) is 0.598. The summed E-state index contributed by atoms with van der Waals surface area (Å²) in [6, 6.07) is 3.30. The zero-order valence-electron chi connectivity index (χ0n) is 10.6. The Bertz CT molecular complexity index is 429. The smallest absolute Gasteiger partial charge is 0.274 e. The Morgan fingerprint density at radius 1 is 1.50 bits per heavy atom. The minimum Gasteiger partial charge on any atom is -0.338 e. The van der Waals surface area contributed by atoms with Crippen molar-refractivity contribution < 1.29 is 4.79 Å². The highest BCUT2D eigenvalue weighted by Crippen LogP contribution is 2.19. The molecule has 1 aromatic heterocycles. The number of hydrogen-bond donors (Lipinski definition) is 0. The van der Waals surface area contributed by atoms with Crippen LogP contribution in [0.4, 0.5) is 0 Å². The van der Waals surface area contributed by atoms with Crippen LogP contribution >= 0.6 is 35.0 Å². The first-order valence-electron chi connectivity index (χ1n) is 5.55. The van der Waals surface area contributed by atoms with Gasteiger partial charge in [0.05, 0.1) is 5.02 Å². The summed E-state index contributed by atoms with van der Waals surface area (Å²) in [5.41, 5.74) is 0.211. The molecular weight excluding hydrogens is 291 g/mol. The lowest BCUT2D eigenvalue weighted by Crippen LogP contribution is -2.36. The van der Waals surface area contributed by atoms with Crippen LogP contribution in [0, 0.1) is 0 Å². The number of hydrogen-bond acceptors (Lipinski definition) is 3. The third-order valence-corrected chi connectivity index (χ3v) is 3.90. The molecule has 0 radical (unpaired) electrons. The Balaban J connectivity index is 2.82. The molecule has 0 spiro atoms. The summed E-state index contributed by atoms with van der Waals surface area (Å²) in [4.78, 5) is 17.9. The maximum absolute atomic E-state index is 12.2. The molecule has 6 heteroatoms. The summed E-state index contributed by atoms with van der Waals surface area (Å²) in [6.45, 7) is 2.01. The number of amides is 1. The molecular formula is C12H16Cl2N2OS. The Morgan fingerprint density at radius 3 is 2.78 bits per heavy atom. The van der Waals surface area contributed by atoms with E-state index in [0.29, 0.717) is 5.02 Å². The van der Waals surface area contributed by atoms with Gasteiger partial charge in [0, 0.05) is 13.1 Å². The van der Waals surface area contributed by atoms with E-state index in [1.54, 1.807) is 35.8 Å². The molecule has 0 N–H and O–H groups in total. The maximum atomic E-state index is 12.2. The van der Waals surface area contributed by atoms with E-state index < -0.39 is 0 Å². The molecule has 0 aliphatic heterocycles. The highest BCUT2D eigenvalue weighted by molar-refractivity contribution is 7.98. The third-order valence-electron chi connectivity index (χ3n) is 2.74. The Labute approximate surface area is 122 Å². The first kappa shape index (κ1) is 15.6. The fourth-order valence-electron chi connectivity index (χ4n) is 1.42. The van der Waals surface area contributed by atoms with Crippen LogP contribution in [0.2, 0.25) is 10.2 Å². The molecule has 0 aliphatic rings. The largest absolute Gasteiger partial charge is 0.338 e. The van der Waals surface area contributed by atoms with Gasteiger partial charge in [-0.05, 0) is 37.5 Å². The molecule has 1 atom stereocenters. The first-order valence-corrected chi connectivity index (χ1v) is 7.70. The van der Waals surface area contributed by atoms with Crippen LogP contribution in [-0.4, -0.2) is 40.9 Å². The van der Waals surface area contributed by atoms with E-state index in [4.69, 9.17) is 23.2 Å². The van der Waals surface area contributed by atoms with E-state index in [-0.39, 0.29) is 22.8 Å². The van der Waals surface area contributed by atoms with Crippen LogP contribution in [-0.2, 0) is 0 Å². The van der Waals surface area contributed by atoms with Crippen molar-refractivity contribution in [3.63, 3.8) is 0 Å². The van der Waals surface area contributed by atoms with Gasteiger partial charge in [0.25, 0.3) is 5.91 Å². The minimum atomic E-state index is -0.198. The van der Waals surface area contributed by atoms with E-state index >= 15 is 0 Å². The average molecular weight is 307 g/mol. The quantitative estimate of drug-likeness (QED) is 0.779. The lowest BCUT2D eigenvalue weighted by Gasteiger charge is -2.24. The highest BCUT2D eigenvalue weighted by Gasteiger charge is 2.21. The molecule has 1 amide bonds. The van der Waals surface area contributed by atoms with Crippen molar-refractivity contribution >= 4 is 40.9 Å². The second kappa shape index (κ2) is 7.22. The van der Waals surface area contributed by atoms with Crippen LogP contribution in [0.1, 0.15) is 23.8 Å². The fourth-order valence-corrected chi connectivity index (χ4v) is 2.33. The molecule has 100 valence electrons. The van der Waals surface area contributed by atoms with Crippen molar-refractivity contribution in [2.45, 2.75) is 19.4 Å². The zero-order chi connectivity index (χ0) is 13.7. The molecule has 1 heterocycles. The van der Waals surface area contributed by atoms with Crippen molar-refractivity contribution in [2.24, 2.45) is 0 Å². The van der Waals surface area contributed by atoms with E-state index in [1.807, 2.05) is 13.2 Å². The van der Waals surface area contributed by atoms with Gasteiger partial charge in [-0.25, -0.2) is 4.98 Å². The normalized spacial score (nSPS) is 12.3. The lowest BCUT2D eigenvalue weighted by atomic mass is 10.2. The third kappa shape index (κ3) is 4.04. The summed E-state index contributed by atoms with van der Waals surface area (Å²) < 4.78 is 0. The molecule has 1 rings (SSSR count). The number of nitrogens with zero attached hydrogens (tertiary/aromatic N) is 2.